The van der Waals surface area contributed by atoms with E-state index in [1.54, 1.807) is 16.7 Å². The molecule has 0 spiro atoms. The number of hydrogen-bond donors (Lipinski definition) is 0. The van der Waals surface area contributed by atoms with E-state index in [4.69, 9.17) is 17.9 Å². The van der Waals surface area contributed by atoms with E-state index in [0.29, 0.717) is 33.8 Å². The lowest BCUT2D eigenvalue weighted by molar-refractivity contribution is -0.571. The van der Waals surface area contributed by atoms with Crippen molar-refractivity contribution in [1.29, 1.82) is 0 Å². The predicted octanol–water partition coefficient (Wildman–Crippen LogP) is 15.6. The maximum absolute atomic E-state index is 9.34. The Morgan fingerprint density at radius 3 is 1.88 bits per heavy atom. The molecule has 326 valence electrons. The molecule has 3 aromatic heterocycles. The van der Waals surface area contributed by atoms with Crippen LogP contribution in [0.3, 0.4) is 0 Å². The van der Waals surface area contributed by atoms with E-state index in [0.717, 1.165) is 44.3 Å². The van der Waals surface area contributed by atoms with Crippen molar-refractivity contribution in [2.24, 2.45) is 0 Å². The molecule has 0 atom stereocenters. The quantitative estimate of drug-likeness (QED) is 0.113. The average Bonchev–Trinajstić information content (AvgIpc) is 4.16. The standard InChI is InChI=1S/C62H52N4O/c1-61(2,3)46-33-34-63-59(38-46)66-55-28-17-16-27-51(55)52-31-30-50(40-57(52)66)67-49-26-18-25-48(39-49)64-41-65(56-32-29-45(35-58(56)64)42-19-10-7-11-20-42)60-53(43-21-12-8-13-22-43)36-47(62(4,5)6)37-54(60)44-23-14-9-15-24-44/h7-40H,1-6H3/i8D,9D,12D,13D,14D,15D,21D,22D,23D,24D. The molecule has 0 aliphatic heterocycles. The summed E-state index contributed by atoms with van der Waals surface area (Å²) in [4.78, 5) is 4.86. The highest BCUT2D eigenvalue weighted by Crippen LogP contribution is 2.40. The molecule has 0 N–H and O–H groups in total. The van der Waals surface area contributed by atoms with Crippen molar-refractivity contribution in [3.63, 3.8) is 0 Å². The molecule has 0 aliphatic carbocycles. The fourth-order valence-electron chi connectivity index (χ4n) is 8.83. The first-order chi connectivity index (χ1) is 36.6. The number of fused-ring (bicyclic) bond motifs is 4. The van der Waals surface area contributed by atoms with Gasteiger partial charge >= 0.3 is 0 Å². The zero-order valence-corrected chi connectivity index (χ0v) is 38.1. The molecule has 0 saturated carbocycles. The van der Waals surface area contributed by atoms with Crippen LogP contribution in [0.1, 0.15) is 66.4 Å². The number of benzene rings is 8. The van der Waals surface area contributed by atoms with Gasteiger partial charge in [-0.1, -0.05) is 181 Å². The molecule has 0 fully saturated rings. The van der Waals surface area contributed by atoms with E-state index in [9.17, 15) is 5.48 Å². The van der Waals surface area contributed by atoms with Gasteiger partial charge in [-0.15, -0.1) is 0 Å². The summed E-state index contributed by atoms with van der Waals surface area (Å²) in [5.74, 6) is 1.88. The summed E-state index contributed by atoms with van der Waals surface area (Å²) < 4.78 is 102. The molecule has 0 unspecified atom stereocenters. The van der Waals surface area contributed by atoms with Gasteiger partial charge in [-0.3, -0.25) is 13.7 Å². The number of hydrogen-bond acceptors (Lipinski definition) is 2. The van der Waals surface area contributed by atoms with Crippen molar-refractivity contribution in [1.82, 2.24) is 14.1 Å². The van der Waals surface area contributed by atoms with E-state index in [-0.39, 0.29) is 33.4 Å². The Morgan fingerprint density at radius 2 is 1.18 bits per heavy atom. The number of imidazole rings is 1. The molecule has 11 aromatic rings. The minimum atomic E-state index is -0.647. The summed E-state index contributed by atoms with van der Waals surface area (Å²) in [5.41, 5.74) is 6.85. The number of nitrogens with zero attached hydrogens (tertiary/aromatic N) is 4. The Balaban J connectivity index is 1.16. The third kappa shape index (κ3) is 7.76. The average molecular weight is 879 g/mol. The minimum absolute atomic E-state index is 0.100. The Morgan fingerprint density at radius 1 is 0.522 bits per heavy atom. The third-order valence-electron chi connectivity index (χ3n) is 12.3. The van der Waals surface area contributed by atoms with Crippen LogP contribution < -0.4 is 9.30 Å². The molecule has 5 nitrogen and oxygen atoms in total. The summed E-state index contributed by atoms with van der Waals surface area (Å²) in [5, 5.41) is 2.12. The highest BCUT2D eigenvalue weighted by Gasteiger charge is 2.25. The van der Waals surface area contributed by atoms with Crippen LogP contribution in [-0.4, -0.2) is 14.1 Å². The van der Waals surface area contributed by atoms with Gasteiger partial charge in [0, 0.05) is 23.0 Å². The summed E-state index contributed by atoms with van der Waals surface area (Å²) in [7, 11) is 0. The zero-order valence-electron chi connectivity index (χ0n) is 48.1. The number of rotatable bonds is 8. The van der Waals surface area contributed by atoms with E-state index < -0.39 is 65.8 Å². The molecule has 11 rings (SSSR count). The van der Waals surface area contributed by atoms with Gasteiger partial charge in [-0.2, -0.15) is 0 Å². The lowest BCUT2D eigenvalue weighted by atomic mass is 9.82. The molecule has 8 aromatic carbocycles. The largest absolute Gasteiger partial charge is 0.458 e. The lowest BCUT2D eigenvalue weighted by Gasteiger charge is -2.25. The number of pyridine rings is 1. The molecule has 67 heavy (non-hydrogen) atoms. The molecule has 5 heteroatoms. The van der Waals surface area contributed by atoms with Crippen LogP contribution in [0.4, 0.5) is 0 Å². The zero-order chi connectivity index (χ0) is 54.6. The number of para-hydroxylation sites is 1. The van der Waals surface area contributed by atoms with Crippen molar-refractivity contribution in [3.05, 3.63) is 224 Å². The van der Waals surface area contributed by atoms with Crippen LogP contribution in [0.5, 0.6) is 11.5 Å². The first kappa shape index (κ1) is 31.8. The second kappa shape index (κ2) is 16.4. The van der Waals surface area contributed by atoms with E-state index >= 15 is 0 Å². The lowest BCUT2D eigenvalue weighted by Crippen LogP contribution is -2.32. The smallest absolute Gasteiger partial charge is 0.269 e. The van der Waals surface area contributed by atoms with Gasteiger partial charge < -0.3 is 4.74 Å². The van der Waals surface area contributed by atoms with Gasteiger partial charge in [-0.25, -0.2) is 4.98 Å². The van der Waals surface area contributed by atoms with Crippen LogP contribution in [0.15, 0.2) is 206 Å². The Hall–Kier alpha value is -8.02. The van der Waals surface area contributed by atoms with Crippen LogP contribution >= 0.6 is 0 Å². The SMILES string of the molecule is [2H]c1c([2H])c([2H])c(-c2cc(C(C)(C)C)cc(-c3c([2H])c([2H])c([2H])c([2H])c3[2H])c2-[n+]2[c-]n(-c3cccc(Oc4ccc5c6ccccc6n(-c6cc(C(C)(C)C)ccn6)c5c4)c3)c3cc(-c4ccccc4)ccc32)c([2H])c1[2H]. The molecule has 3 heterocycles. The van der Waals surface area contributed by atoms with Crippen molar-refractivity contribution >= 4 is 32.8 Å². The van der Waals surface area contributed by atoms with Crippen LogP contribution in [0, 0.1) is 6.33 Å². The van der Waals surface area contributed by atoms with Crippen molar-refractivity contribution < 1.29 is 23.0 Å². The summed E-state index contributed by atoms with van der Waals surface area (Å²) in [6, 6.07) is 40.1. The maximum atomic E-state index is 9.34. The summed E-state index contributed by atoms with van der Waals surface area (Å²) in [6.45, 7) is 12.4. The van der Waals surface area contributed by atoms with Crippen LogP contribution in [-0.2, 0) is 10.8 Å². The van der Waals surface area contributed by atoms with E-state index in [1.165, 1.54) is 0 Å². The Kier molecular flexibility index (Phi) is 7.80. The number of aromatic nitrogens is 4. The van der Waals surface area contributed by atoms with Gasteiger partial charge in [0.1, 0.15) is 17.3 Å². The van der Waals surface area contributed by atoms with Crippen molar-refractivity contribution in [2.75, 3.05) is 0 Å². The predicted molar refractivity (Wildman–Crippen MR) is 276 cm³/mol. The van der Waals surface area contributed by atoms with Crippen LogP contribution in [0.25, 0.3) is 83.4 Å². The summed E-state index contributed by atoms with van der Waals surface area (Å²) >= 11 is 0. The molecular formula is C62H52N4O. The highest BCUT2D eigenvalue weighted by molar-refractivity contribution is 6.09. The van der Waals surface area contributed by atoms with Crippen molar-refractivity contribution in [2.45, 2.75) is 52.4 Å². The summed E-state index contributed by atoms with van der Waals surface area (Å²) in [6.07, 6.45) is 5.42. The van der Waals surface area contributed by atoms with E-state index in [2.05, 4.69) is 62.0 Å². The molecule has 0 amide bonds. The normalized spacial score (nSPS) is 14.1. The topological polar surface area (TPSA) is 35.9 Å². The highest BCUT2D eigenvalue weighted by atomic mass is 16.5. The first-order valence-corrected chi connectivity index (χ1v) is 22.3. The Bertz CT molecular complexity index is 4080. The third-order valence-corrected chi connectivity index (χ3v) is 12.3. The molecule has 0 radical (unpaired) electrons. The fourth-order valence-corrected chi connectivity index (χ4v) is 8.83. The first-order valence-electron chi connectivity index (χ1n) is 27.3. The number of ether oxygens (including phenoxy) is 1. The van der Waals surface area contributed by atoms with Gasteiger partial charge in [0.05, 0.1) is 47.1 Å². The molecule has 0 saturated heterocycles. The van der Waals surface area contributed by atoms with Gasteiger partial charge in [0.15, 0.2) is 0 Å². The minimum Gasteiger partial charge on any atom is -0.458 e. The molecule has 0 aliphatic rings. The molecule has 0 bridgehead atoms. The second-order valence-electron chi connectivity index (χ2n) is 18.8. The van der Waals surface area contributed by atoms with Gasteiger partial charge in [-0.05, 0) is 110 Å². The monoisotopic (exact) mass is 878 g/mol. The fraction of sp³-hybridized carbons (Fsp3) is 0.129. The van der Waals surface area contributed by atoms with Crippen LogP contribution in [0.2, 0.25) is 0 Å². The van der Waals surface area contributed by atoms with Crippen molar-refractivity contribution in [3.8, 4) is 62.1 Å². The second-order valence-corrected chi connectivity index (χ2v) is 18.8. The van der Waals surface area contributed by atoms with E-state index in [1.807, 2.05) is 129 Å². The van der Waals surface area contributed by atoms with Gasteiger partial charge in [0.2, 0.25) is 0 Å². The molecular weight excluding hydrogens is 817 g/mol. The maximum Gasteiger partial charge on any atom is 0.269 e. The van der Waals surface area contributed by atoms with Gasteiger partial charge in [0.25, 0.3) is 6.33 Å². The Labute approximate surface area is 406 Å².